The maximum absolute atomic E-state index is 5.78. The molecular formula is C18H20N4O2. The third kappa shape index (κ3) is 3.96. The van der Waals surface area contributed by atoms with Gasteiger partial charge in [0.2, 0.25) is 5.95 Å². The summed E-state index contributed by atoms with van der Waals surface area (Å²) >= 11 is 0. The van der Waals surface area contributed by atoms with Crippen molar-refractivity contribution < 1.29 is 9.47 Å². The van der Waals surface area contributed by atoms with Crippen LogP contribution in [0.5, 0.6) is 11.5 Å². The molecule has 2 rings (SSSR count). The summed E-state index contributed by atoms with van der Waals surface area (Å²) in [5, 5.41) is 4.31. The molecule has 2 N–H and O–H groups in total. The molecule has 0 aliphatic carbocycles. The van der Waals surface area contributed by atoms with E-state index >= 15 is 0 Å². The van der Waals surface area contributed by atoms with Gasteiger partial charge in [-0.1, -0.05) is 12.0 Å². The molecule has 24 heavy (non-hydrogen) atoms. The van der Waals surface area contributed by atoms with Crippen LogP contribution in [-0.2, 0) is 6.42 Å². The number of rotatable bonds is 7. The number of allylic oxidation sites excluding steroid dienone is 1. The summed E-state index contributed by atoms with van der Waals surface area (Å²) in [6.07, 6.45) is 11.1. The molecular weight excluding hydrogens is 304 g/mol. The van der Waals surface area contributed by atoms with E-state index in [0.29, 0.717) is 23.9 Å². The highest BCUT2D eigenvalue weighted by Gasteiger charge is 2.12. The van der Waals surface area contributed by atoms with E-state index in [1.165, 1.54) is 4.68 Å². The summed E-state index contributed by atoms with van der Waals surface area (Å²) in [6.45, 7) is 5.79. The van der Waals surface area contributed by atoms with Gasteiger partial charge in [-0.05, 0) is 31.0 Å². The molecule has 0 amide bonds. The Labute approximate surface area is 141 Å². The van der Waals surface area contributed by atoms with Crippen molar-refractivity contribution in [3.05, 3.63) is 47.8 Å². The molecule has 0 aliphatic heterocycles. The van der Waals surface area contributed by atoms with Gasteiger partial charge in [0, 0.05) is 5.56 Å². The molecule has 124 valence electrons. The van der Waals surface area contributed by atoms with Gasteiger partial charge in [0.25, 0.3) is 0 Å². The van der Waals surface area contributed by atoms with Crippen molar-refractivity contribution >= 4 is 12.2 Å². The van der Waals surface area contributed by atoms with Crippen molar-refractivity contribution in [1.29, 1.82) is 0 Å². The molecule has 0 saturated carbocycles. The second-order valence-corrected chi connectivity index (χ2v) is 5.03. The maximum atomic E-state index is 5.78. The van der Waals surface area contributed by atoms with Crippen LogP contribution >= 0.6 is 0 Å². The number of methoxy groups -OCH3 is 1. The predicted molar refractivity (Wildman–Crippen MR) is 95.6 cm³/mol. The smallest absolute Gasteiger partial charge is 0.221 e. The molecule has 0 saturated heterocycles. The minimum atomic E-state index is 0.165. The number of nitrogens with two attached hydrogens (primary N) is 1. The summed E-state index contributed by atoms with van der Waals surface area (Å²) in [7, 11) is 1.58. The Morgan fingerprint density at radius 1 is 1.50 bits per heavy atom. The largest absolute Gasteiger partial charge is 0.493 e. The highest BCUT2D eigenvalue weighted by Crippen LogP contribution is 2.33. The minimum absolute atomic E-state index is 0.165. The number of hydrogen-bond acceptors (Lipinski definition) is 5. The van der Waals surface area contributed by atoms with Crippen LogP contribution in [0.25, 0.3) is 0 Å². The van der Waals surface area contributed by atoms with E-state index in [2.05, 4.69) is 22.6 Å². The molecule has 2 aromatic rings. The summed E-state index contributed by atoms with van der Waals surface area (Å²) < 4.78 is 12.5. The van der Waals surface area contributed by atoms with Gasteiger partial charge in [0.05, 0.1) is 25.2 Å². The fraction of sp³-hybridized carbons (Fsp3) is 0.222. The summed E-state index contributed by atoms with van der Waals surface area (Å²) in [4.78, 5) is 4.10. The molecule has 0 atom stereocenters. The van der Waals surface area contributed by atoms with Gasteiger partial charge in [0.1, 0.15) is 6.61 Å². The van der Waals surface area contributed by atoms with Crippen molar-refractivity contribution in [2.45, 2.75) is 13.3 Å². The van der Waals surface area contributed by atoms with E-state index in [9.17, 15) is 0 Å². The van der Waals surface area contributed by atoms with Crippen LogP contribution in [0.2, 0.25) is 0 Å². The first-order valence-corrected chi connectivity index (χ1v) is 7.33. The Kier molecular flexibility index (Phi) is 5.63. The van der Waals surface area contributed by atoms with Crippen LogP contribution in [-0.4, -0.2) is 29.6 Å². The molecule has 1 aromatic heterocycles. The van der Waals surface area contributed by atoms with E-state index in [1.54, 1.807) is 25.6 Å². The zero-order valence-electron chi connectivity index (χ0n) is 13.8. The number of ether oxygens (including phenoxy) is 2. The Hall–Kier alpha value is -3.20. The Bertz CT molecular complexity index is 800. The van der Waals surface area contributed by atoms with Crippen LogP contribution in [0.15, 0.2) is 36.1 Å². The fourth-order valence-corrected chi connectivity index (χ4v) is 2.22. The summed E-state index contributed by atoms with van der Waals surface area (Å²) in [5.41, 5.74) is 8.33. The molecule has 6 nitrogen and oxygen atoms in total. The SMILES string of the molecule is C#CCOc1c(CC=C)cc(C=Nn2cc(C)nc2N)cc1OC. The number of imidazole rings is 1. The van der Waals surface area contributed by atoms with Gasteiger partial charge in [-0.3, -0.25) is 0 Å². The highest BCUT2D eigenvalue weighted by molar-refractivity contribution is 5.81. The molecule has 1 aromatic carbocycles. The summed E-state index contributed by atoms with van der Waals surface area (Å²) in [6, 6.07) is 3.77. The van der Waals surface area contributed by atoms with Crippen molar-refractivity contribution in [3.8, 4) is 23.8 Å². The normalized spacial score (nSPS) is 10.5. The van der Waals surface area contributed by atoms with Crippen LogP contribution in [0.3, 0.4) is 0 Å². The number of terminal acetylenes is 1. The van der Waals surface area contributed by atoms with E-state index in [0.717, 1.165) is 16.8 Å². The molecule has 0 radical (unpaired) electrons. The number of hydrogen-bond donors (Lipinski definition) is 1. The average molecular weight is 324 g/mol. The fourth-order valence-electron chi connectivity index (χ4n) is 2.22. The standard InChI is InChI=1S/C18H20N4O2/c1-5-7-15-9-14(10-16(23-4)17(15)24-8-6-2)11-20-22-12-13(3)21-18(22)19/h2,5,9-12H,1,7-8H2,3-4H3,(H2,19,21). The van der Waals surface area contributed by atoms with Crippen molar-refractivity contribution in [2.75, 3.05) is 19.5 Å². The lowest BCUT2D eigenvalue weighted by molar-refractivity contribution is 0.328. The lowest BCUT2D eigenvalue weighted by atomic mass is 10.1. The predicted octanol–water partition coefficient (Wildman–Crippen LogP) is 2.41. The monoisotopic (exact) mass is 324 g/mol. The van der Waals surface area contributed by atoms with Gasteiger partial charge in [0.15, 0.2) is 11.5 Å². The second kappa shape index (κ2) is 7.88. The van der Waals surface area contributed by atoms with E-state index in [4.69, 9.17) is 21.6 Å². The van der Waals surface area contributed by atoms with E-state index in [1.807, 2.05) is 19.1 Å². The molecule has 1 heterocycles. The number of anilines is 1. The molecule has 0 aliphatic rings. The first kappa shape index (κ1) is 17.2. The van der Waals surface area contributed by atoms with Crippen LogP contribution in [0.1, 0.15) is 16.8 Å². The zero-order valence-corrected chi connectivity index (χ0v) is 13.8. The number of nitrogens with zero attached hydrogens (tertiary/aromatic N) is 3. The van der Waals surface area contributed by atoms with Gasteiger partial charge in [-0.2, -0.15) is 5.10 Å². The lowest BCUT2D eigenvalue weighted by Gasteiger charge is -2.14. The van der Waals surface area contributed by atoms with Gasteiger partial charge in [-0.15, -0.1) is 13.0 Å². The molecule has 6 heteroatoms. The zero-order chi connectivity index (χ0) is 17.5. The van der Waals surface area contributed by atoms with Gasteiger partial charge in [-0.25, -0.2) is 9.66 Å². The Morgan fingerprint density at radius 2 is 2.29 bits per heavy atom. The third-order valence-corrected chi connectivity index (χ3v) is 3.20. The lowest BCUT2D eigenvalue weighted by Crippen LogP contribution is -2.02. The van der Waals surface area contributed by atoms with Crippen molar-refractivity contribution in [1.82, 2.24) is 9.66 Å². The number of aromatic nitrogens is 2. The third-order valence-electron chi connectivity index (χ3n) is 3.20. The van der Waals surface area contributed by atoms with Crippen molar-refractivity contribution in [3.63, 3.8) is 0 Å². The maximum Gasteiger partial charge on any atom is 0.221 e. The average Bonchev–Trinajstić information content (AvgIpc) is 2.89. The van der Waals surface area contributed by atoms with Gasteiger partial charge >= 0.3 is 0 Å². The van der Waals surface area contributed by atoms with Crippen LogP contribution in [0, 0.1) is 19.3 Å². The quantitative estimate of drug-likeness (QED) is 0.482. The second-order valence-electron chi connectivity index (χ2n) is 5.03. The topological polar surface area (TPSA) is 74.7 Å². The first-order chi connectivity index (χ1) is 11.6. The number of benzene rings is 1. The Morgan fingerprint density at radius 3 is 2.88 bits per heavy atom. The van der Waals surface area contributed by atoms with E-state index < -0.39 is 0 Å². The van der Waals surface area contributed by atoms with Gasteiger partial charge < -0.3 is 15.2 Å². The highest BCUT2D eigenvalue weighted by atomic mass is 16.5. The minimum Gasteiger partial charge on any atom is -0.493 e. The number of aryl methyl sites for hydroxylation is 1. The first-order valence-electron chi connectivity index (χ1n) is 7.33. The van der Waals surface area contributed by atoms with E-state index in [-0.39, 0.29) is 6.61 Å². The number of nitrogen functional groups attached to an aromatic ring is 1. The Balaban J connectivity index is 2.40. The molecule has 0 fully saturated rings. The van der Waals surface area contributed by atoms with Crippen LogP contribution < -0.4 is 15.2 Å². The van der Waals surface area contributed by atoms with Crippen molar-refractivity contribution in [2.24, 2.45) is 5.10 Å². The molecule has 0 bridgehead atoms. The molecule has 0 spiro atoms. The van der Waals surface area contributed by atoms with Crippen LogP contribution in [0.4, 0.5) is 5.95 Å². The summed E-state index contributed by atoms with van der Waals surface area (Å²) in [5.74, 6) is 3.98. The molecule has 0 unspecified atom stereocenters.